The Kier molecular flexibility index (Phi) is 6.27. The maximum Gasteiger partial charge on any atom is 0.292 e. The Labute approximate surface area is 180 Å². The second-order valence-corrected chi connectivity index (χ2v) is 7.63. The van der Waals surface area contributed by atoms with Crippen LogP contribution in [0, 0.1) is 0 Å². The van der Waals surface area contributed by atoms with Crippen LogP contribution >= 0.6 is 0 Å². The highest BCUT2D eigenvalue weighted by Gasteiger charge is 2.31. The van der Waals surface area contributed by atoms with Crippen molar-refractivity contribution >= 4 is 22.7 Å². The quantitative estimate of drug-likeness (QED) is 0.588. The van der Waals surface area contributed by atoms with Gasteiger partial charge in [-0.2, -0.15) is 0 Å². The van der Waals surface area contributed by atoms with E-state index in [9.17, 15) is 9.59 Å². The first-order valence-corrected chi connectivity index (χ1v) is 10.5. The molecule has 8 nitrogen and oxygen atoms in total. The molecule has 0 spiro atoms. The van der Waals surface area contributed by atoms with Crippen molar-refractivity contribution in [2.75, 3.05) is 33.4 Å². The van der Waals surface area contributed by atoms with Crippen molar-refractivity contribution in [3.8, 4) is 0 Å². The van der Waals surface area contributed by atoms with Crippen LogP contribution in [0.4, 0.5) is 0 Å². The van der Waals surface area contributed by atoms with E-state index < -0.39 is 0 Å². The van der Waals surface area contributed by atoms with Gasteiger partial charge >= 0.3 is 0 Å². The summed E-state index contributed by atoms with van der Waals surface area (Å²) < 4.78 is 10.2. The molecule has 31 heavy (non-hydrogen) atoms. The van der Waals surface area contributed by atoms with Gasteiger partial charge in [0.1, 0.15) is 0 Å². The van der Waals surface area contributed by atoms with Gasteiger partial charge in [0.05, 0.1) is 23.4 Å². The van der Waals surface area contributed by atoms with E-state index in [1.807, 2.05) is 37.3 Å². The highest BCUT2D eigenvalue weighted by Crippen LogP contribution is 2.30. The lowest BCUT2D eigenvalue weighted by Crippen LogP contribution is -2.28. The van der Waals surface area contributed by atoms with E-state index >= 15 is 0 Å². The minimum absolute atomic E-state index is 0.0487. The zero-order valence-corrected chi connectivity index (χ0v) is 17.8. The van der Waals surface area contributed by atoms with Gasteiger partial charge in [0.15, 0.2) is 0 Å². The van der Waals surface area contributed by atoms with Gasteiger partial charge < -0.3 is 19.5 Å². The minimum Gasteiger partial charge on any atom is -0.383 e. The smallest absolute Gasteiger partial charge is 0.292 e. The van der Waals surface area contributed by atoms with Gasteiger partial charge in [-0.05, 0) is 25.0 Å². The normalized spacial score (nSPS) is 16.1. The SMILES string of the molecule is CCc1cc(C(=O)N2CC[C@@H](c3cc(C(=O)NCCOC)c4ccccc4n3)C2)on1. The van der Waals surface area contributed by atoms with Crippen molar-refractivity contribution in [2.24, 2.45) is 0 Å². The van der Waals surface area contributed by atoms with Crippen molar-refractivity contribution in [3.63, 3.8) is 0 Å². The van der Waals surface area contributed by atoms with E-state index in [1.165, 1.54) is 0 Å². The number of aromatic nitrogens is 2. The van der Waals surface area contributed by atoms with Gasteiger partial charge in [-0.15, -0.1) is 0 Å². The summed E-state index contributed by atoms with van der Waals surface area (Å²) in [5.74, 6) is -0.000524. The summed E-state index contributed by atoms with van der Waals surface area (Å²) in [6, 6.07) is 11.2. The standard InChI is InChI=1S/C23H26N4O4/c1-3-16-12-21(31-26-16)23(29)27-10-8-15(14-27)20-13-18(22(28)24-9-11-30-2)17-6-4-5-7-19(17)25-20/h4-7,12-13,15H,3,8-11,14H2,1-2H3,(H,24,28)/t15-/m1/s1. The number of rotatable bonds is 7. The summed E-state index contributed by atoms with van der Waals surface area (Å²) in [4.78, 5) is 32.2. The number of pyridine rings is 1. The van der Waals surface area contributed by atoms with Gasteiger partial charge in [0, 0.05) is 49.8 Å². The molecule has 1 aliphatic heterocycles. The molecule has 0 aliphatic carbocycles. The Morgan fingerprint density at radius 1 is 1.29 bits per heavy atom. The van der Waals surface area contributed by atoms with E-state index in [-0.39, 0.29) is 23.5 Å². The molecular weight excluding hydrogens is 396 g/mol. The van der Waals surface area contributed by atoms with E-state index in [2.05, 4.69) is 10.5 Å². The molecule has 2 amide bonds. The summed E-state index contributed by atoms with van der Waals surface area (Å²) in [7, 11) is 1.60. The van der Waals surface area contributed by atoms with E-state index in [0.717, 1.165) is 35.1 Å². The second kappa shape index (κ2) is 9.26. The number of carbonyl (C=O) groups excluding carboxylic acids is 2. The number of hydrogen-bond acceptors (Lipinski definition) is 6. The third-order valence-electron chi connectivity index (χ3n) is 5.60. The van der Waals surface area contributed by atoms with Crippen LogP contribution < -0.4 is 5.32 Å². The lowest BCUT2D eigenvalue weighted by molar-refractivity contribution is 0.0748. The van der Waals surface area contributed by atoms with Crippen LogP contribution in [-0.2, 0) is 11.2 Å². The average Bonchev–Trinajstić information content (AvgIpc) is 3.48. The maximum absolute atomic E-state index is 12.8. The summed E-state index contributed by atoms with van der Waals surface area (Å²) in [5, 5.41) is 7.61. The van der Waals surface area contributed by atoms with Crippen molar-refractivity contribution < 1.29 is 18.8 Å². The molecule has 1 atom stereocenters. The third kappa shape index (κ3) is 4.44. The molecule has 0 unspecified atom stereocenters. The van der Waals surface area contributed by atoms with Crippen LogP contribution in [0.5, 0.6) is 0 Å². The predicted octanol–water partition coefficient (Wildman–Crippen LogP) is 2.79. The summed E-state index contributed by atoms with van der Waals surface area (Å²) in [6.07, 6.45) is 1.49. The average molecular weight is 422 g/mol. The number of ether oxygens (including phenoxy) is 1. The van der Waals surface area contributed by atoms with Crippen LogP contribution in [0.25, 0.3) is 10.9 Å². The zero-order chi connectivity index (χ0) is 21.8. The lowest BCUT2D eigenvalue weighted by Gasteiger charge is -2.16. The Morgan fingerprint density at radius 2 is 2.13 bits per heavy atom. The number of likely N-dealkylation sites (tertiary alicyclic amines) is 1. The number of benzene rings is 1. The number of nitrogens with one attached hydrogen (secondary N) is 1. The van der Waals surface area contributed by atoms with Gasteiger partial charge in [0.2, 0.25) is 5.76 Å². The summed E-state index contributed by atoms with van der Waals surface area (Å²) in [5.41, 5.74) is 2.94. The van der Waals surface area contributed by atoms with Gasteiger partial charge in [-0.25, -0.2) is 0 Å². The van der Waals surface area contributed by atoms with Crippen LogP contribution in [-0.4, -0.2) is 60.2 Å². The Morgan fingerprint density at radius 3 is 2.90 bits per heavy atom. The van der Waals surface area contributed by atoms with E-state index in [0.29, 0.717) is 31.8 Å². The fraction of sp³-hybridized carbons (Fsp3) is 0.391. The molecule has 0 bridgehead atoms. The lowest BCUT2D eigenvalue weighted by atomic mass is 9.99. The van der Waals surface area contributed by atoms with Crippen LogP contribution in [0.15, 0.2) is 40.9 Å². The highest BCUT2D eigenvalue weighted by molar-refractivity contribution is 6.06. The number of methoxy groups -OCH3 is 1. The second-order valence-electron chi connectivity index (χ2n) is 7.63. The molecule has 1 aromatic carbocycles. The number of hydrogen-bond donors (Lipinski definition) is 1. The van der Waals surface area contributed by atoms with E-state index in [4.69, 9.17) is 14.2 Å². The molecule has 2 aromatic heterocycles. The monoisotopic (exact) mass is 422 g/mol. The fourth-order valence-corrected chi connectivity index (χ4v) is 3.88. The molecule has 1 fully saturated rings. The number of nitrogens with zero attached hydrogens (tertiary/aromatic N) is 3. The first-order chi connectivity index (χ1) is 15.1. The van der Waals surface area contributed by atoms with Crippen molar-refractivity contribution in [1.82, 2.24) is 20.4 Å². The van der Waals surface area contributed by atoms with E-state index in [1.54, 1.807) is 18.1 Å². The summed E-state index contributed by atoms with van der Waals surface area (Å²) >= 11 is 0. The number of aryl methyl sites for hydroxylation is 1. The molecule has 3 heterocycles. The van der Waals surface area contributed by atoms with Gasteiger partial charge in [0.25, 0.3) is 11.8 Å². The fourth-order valence-electron chi connectivity index (χ4n) is 3.88. The molecule has 1 saturated heterocycles. The minimum atomic E-state index is -0.159. The number of para-hydroxylation sites is 1. The Hall–Kier alpha value is -3.26. The topological polar surface area (TPSA) is 97.6 Å². The van der Waals surface area contributed by atoms with Crippen molar-refractivity contribution in [3.05, 3.63) is 59.1 Å². The molecule has 1 aliphatic rings. The molecule has 8 heteroatoms. The van der Waals surface area contributed by atoms with Gasteiger partial charge in [-0.1, -0.05) is 30.3 Å². The van der Waals surface area contributed by atoms with Crippen LogP contribution in [0.3, 0.4) is 0 Å². The number of amides is 2. The Bertz CT molecular complexity index is 1090. The third-order valence-corrected chi connectivity index (χ3v) is 5.60. The largest absolute Gasteiger partial charge is 0.383 e. The zero-order valence-electron chi connectivity index (χ0n) is 17.8. The van der Waals surface area contributed by atoms with Crippen LogP contribution in [0.1, 0.15) is 51.6 Å². The molecule has 0 saturated carbocycles. The molecule has 162 valence electrons. The molecule has 4 rings (SSSR count). The molecular formula is C23H26N4O4. The first-order valence-electron chi connectivity index (χ1n) is 10.5. The Balaban J connectivity index is 1.56. The molecule has 0 radical (unpaired) electrons. The number of fused-ring (bicyclic) bond motifs is 1. The predicted molar refractivity (Wildman–Crippen MR) is 115 cm³/mol. The highest BCUT2D eigenvalue weighted by atomic mass is 16.5. The van der Waals surface area contributed by atoms with Crippen LogP contribution in [0.2, 0.25) is 0 Å². The van der Waals surface area contributed by atoms with Crippen molar-refractivity contribution in [2.45, 2.75) is 25.7 Å². The van der Waals surface area contributed by atoms with Gasteiger partial charge in [-0.3, -0.25) is 14.6 Å². The molecule has 3 aromatic rings. The first kappa shape index (κ1) is 21.0. The molecule has 1 N–H and O–H groups in total. The maximum atomic E-state index is 12.8. The van der Waals surface area contributed by atoms with Crippen molar-refractivity contribution in [1.29, 1.82) is 0 Å². The summed E-state index contributed by atoms with van der Waals surface area (Å²) in [6.45, 7) is 3.98. The number of carbonyl (C=O) groups is 2.